The summed E-state index contributed by atoms with van der Waals surface area (Å²) in [4.78, 5) is 42.5. The molecule has 30 heavy (non-hydrogen) atoms. The normalized spacial score (nSPS) is 16.3. The highest BCUT2D eigenvalue weighted by Crippen LogP contribution is 2.23. The molecule has 1 atom stereocenters. The molecule has 0 spiro atoms. The molecule has 2 aromatic rings. The number of amides is 2. The Morgan fingerprint density at radius 3 is 2.70 bits per heavy atom. The minimum atomic E-state index is -0.465. The van der Waals surface area contributed by atoms with Crippen molar-refractivity contribution in [3.63, 3.8) is 0 Å². The fourth-order valence-electron chi connectivity index (χ4n) is 4.06. The Balaban J connectivity index is 1.66. The van der Waals surface area contributed by atoms with Crippen LogP contribution in [0.15, 0.2) is 24.3 Å². The van der Waals surface area contributed by atoms with E-state index in [1.807, 2.05) is 31.2 Å². The Kier molecular flexibility index (Phi) is 6.59. The van der Waals surface area contributed by atoms with Crippen LogP contribution in [0.1, 0.15) is 56.1 Å². The topological polar surface area (TPSA) is 91.5 Å². The third-order valence-electron chi connectivity index (χ3n) is 5.67. The molecule has 1 aliphatic rings. The maximum absolute atomic E-state index is 13.1. The van der Waals surface area contributed by atoms with Crippen molar-refractivity contribution in [1.82, 2.24) is 15.2 Å². The molecule has 2 amide bonds. The van der Waals surface area contributed by atoms with Gasteiger partial charge in [0, 0.05) is 25.3 Å². The van der Waals surface area contributed by atoms with Crippen molar-refractivity contribution in [2.75, 3.05) is 20.2 Å². The highest BCUT2D eigenvalue weighted by atomic mass is 16.5. The Morgan fingerprint density at radius 1 is 1.23 bits per heavy atom. The lowest BCUT2D eigenvalue weighted by Gasteiger charge is -2.32. The second-order valence-corrected chi connectivity index (χ2v) is 7.91. The number of nitrogens with one attached hydrogen (secondary N) is 2. The molecule has 7 nitrogen and oxygen atoms in total. The lowest BCUT2D eigenvalue weighted by molar-refractivity contribution is -0.126. The van der Waals surface area contributed by atoms with E-state index in [-0.39, 0.29) is 17.7 Å². The van der Waals surface area contributed by atoms with E-state index in [0.29, 0.717) is 42.1 Å². The molecule has 1 saturated heterocycles. The average Bonchev–Trinajstić information content (AvgIpc) is 3.05. The van der Waals surface area contributed by atoms with Crippen LogP contribution in [0.5, 0.6) is 0 Å². The number of piperidine rings is 1. The zero-order valence-corrected chi connectivity index (χ0v) is 18.0. The van der Waals surface area contributed by atoms with Crippen molar-refractivity contribution >= 4 is 17.8 Å². The van der Waals surface area contributed by atoms with Gasteiger partial charge in [-0.05, 0) is 44.7 Å². The van der Waals surface area contributed by atoms with Gasteiger partial charge in [-0.1, -0.05) is 29.8 Å². The zero-order valence-electron chi connectivity index (χ0n) is 18.0. The Morgan fingerprint density at radius 2 is 2.00 bits per heavy atom. The number of carbonyl (C=O) groups excluding carboxylic acids is 3. The second-order valence-electron chi connectivity index (χ2n) is 7.91. The summed E-state index contributed by atoms with van der Waals surface area (Å²) >= 11 is 0. The summed E-state index contributed by atoms with van der Waals surface area (Å²) in [6.45, 7) is 6.93. The lowest BCUT2D eigenvalue weighted by atomic mass is 9.96. The number of rotatable bonds is 5. The van der Waals surface area contributed by atoms with E-state index < -0.39 is 5.97 Å². The number of ether oxygens (including phenoxy) is 1. The van der Waals surface area contributed by atoms with Gasteiger partial charge in [0.25, 0.3) is 5.91 Å². The molecule has 2 N–H and O–H groups in total. The number of hydrogen-bond donors (Lipinski definition) is 2. The van der Waals surface area contributed by atoms with Crippen LogP contribution >= 0.6 is 0 Å². The molecule has 1 aliphatic heterocycles. The van der Waals surface area contributed by atoms with Crippen LogP contribution in [0.4, 0.5) is 0 Å². The van der Waals surface area contributed by atoms with Crippen LogP contribution in [0.3, 0.4) is 0 Å². The average molecular weight is 412 g/mol. The molecular weight excluding hydrogens is 382 g/mol. The maximum Gasteiger partial charge on any atom is 0.339 e. The first-order valence-corrected chi connectivity index (χ1v) is 10.2. The molecule has 1 fully saturated rings. The van der Waals surface area contributed by atoms with Gasteiger partial charge in [0.2, 0.25) is 5.91 Å². The molecule has 1 aromatic carbocycles. The predicted octanol–water partition coefficient (Wildman–Crippen LogP) is 2.90. The van der Waals surface area contributed by atoms with Gasteiger partial charge < -0.3 is 19.9 Å². The number of carbonyl (C=O) groups is 3. The van der Waals surface area contributed by atoms with Gasteiger partial charge in [0.15, 0.2) is 0 Å². The number of benzene rings is 1. The first kappa shape index (κ1) is 21.6. The highest BCUT2D eigenvalue weighted by Gasteiger charge is 2.31. The van der Waals surface area contributed by atoms with Crippen LogP contribution in [-0.2, 0) is 16.1 Å². The van der Waals surface area contributed by atoms with Crippen molar-refractivity contribution in [2.45, 2.75) is 40.2 Å². The van der Waals surface area contributed by atoms with Crippen molar-refractivity contribution in [3.05, 3.63) is 57.9 Å². The number of likely N-dealkylation sites (tertiary alicyclic amines) is 1. The molecule has 0 bridgehead atoms. The summed E-state index contributed by atoms with van der Waals surface area (Å²) in [5.41, 5.74) is 4.17. The van der Waals surface area contributed by atoms with E-state index in [4.69, 9.17) is 4.74 Å². The number of H-pyrrole nitrogens is 1. The summed E-state index contributed by atoms with van der Waals surface area (Å²) in [5.74, 6) is -0.943. The van der Waals surface area contributed by atoms with E-state index in [0.717, 1.165) is 24.0 Å². The number of methoxy groups -OCH3 is 1. The fourth-order valence-corrected chi connectivity index (χ4v) is 4.06. The standard InChI is InChI=1S/C23H29N3O4/c1-14-7-5-8-17(11-14)12-24-21(27)18-9-6-10-26(13-18)22(28)20-15(2)19(16(3)25-20)23(29)30-4/h5,7-8,11,18,25H,6,9-10,12-13H2,1-4H3,(H,24,27)/t18-/m0/s1. The summed E-state index contributed by atoms with van der Waals surface area (Å²) < 4.78 is 4.82. The number of aromatic amines is 1. The van der Waals surface area contributed by atoms with E-state index >= 15 is 0 Å². The van der Waals surface area contributed by atoms with E-state index in [1.54, 1.807) is 18.7 Å². The monoisotopic (exact) mass is 411 g/mol. The van der Waals surface area contributed by atoms with Crippen LogP contribution < -0.4 is 5.32 Å². The summed E-state index contributed by atoms with van der Waals surface area (Å²) in [6.07, 6.45) is 1.51. The maximum atomic E-state index is 13.1. The van der Waals surface area contributed by atoms with Gasteiger partial charge in [-0.25, -0.2) is 4.79 Å². The third kappa shape index (κ3) is 4.56. The first-order valence-electron chi connectivity index (χ1n) is 10.2. The van der Waals surface area contributed by atoms with Gasteiger partial charge in [-0.15, -0.1) is 0 Å². The molecule has 1 aromatic heterocycles. The third-order valence-corrected chi connectivity index (χ3v) is 5.67. The lowest BCUT2D eigenvalue weighted by Crippen LogP contribution is -2.45. The van der Waals surface area contributed by atoms with Gasteiger partial charge >= 0.3 is 5.97 Å². The highest BCUT2D eigenvalue weighted by molar-refractivity contribution is 6.00. The van der Waals surface area contributed by atoms with Crippen LogP contribution in [0, 0.1) is 26.7 Å². The molecular formula is C23H29N3O4. The molecule has 0 aliphatic carbocycles. The summed E-state index contributed by atoms with van der Waals surface area (Å²) in [5, 5.41) is 3.00. The van der Waals surface area contributed by atoms with Crippen LogP contribution in [-0.4, -0.2) is 47.9 Å². The van der Waals surface area contributed by atoms with Gasteiger partial charge in [-0.3, -0.25) is 9.59 Å². The smallest absolute Gasteiger partial charge is 0.339 e. The summed E-state index contributed by atoms with van der Waals surface area (Å²) in [7, 11) is 1.32. The number of aromatic nitrogens is 1. The zero-order chi connectivity index (χ0) is 21.8. The molecule has 7 heteroatoms. The Bertz CT molecular complexity index is 963. The van der Waals surface area contributed by atoms with Crippen molar-refractivity contribution in [1.29, 1.82) is 0 Å². The minimum Gasteiger partial charge on any atom is -0.465 e. The number of aryl methyl sites for hydroxylation is 2. The molecule has 0 unspecified atom stereocenters. The molecule has 2 heterocycles. The Labute approximate surface area is 176 Å². The summed E-state index contributed by atoms with van der Waals surface area (Å²) in [6, 6.07) is 8.03. The number of esters is 1. The van der Waals surface area contributed by atoms with E-state index in [1.165, 1.54) is 7.11 Å². The molecule has 160 valence electrons. The fraction of sp³-hybridized carbons (Fsp3) is 0.435. The molecule has 0 saturated carbocycles. The second kappa shape index (κ2) is 9.15. The largest absolute Gasteiger partial charge is 0.465 e. The predicted molar refractivity (Wildman–Crippen MR) is 113 cm³/mol. The van der Waals surface area contributed by atoms with Crippen LogP contribution in [0.2, 0.25) is 0 Å². The van der Waals surface area contributed by atoms with Gasteiger partial charge in [0.05, 0.1) is 18.6 Å². The minimum absolute atomic E-state index is 0.0383. The quantitative estimate of drug-likeness (QED) is 0.740. The van der Waals surface area contributed by atoms with E-state index in [9.17, 15) is 14.4 Å². The molecule has 3 rings (SSSR count). The van der Waals surface area contributed by atoms with Gasteiger partial charge in [-0.2, -0.15) is 0 Å². The van der Waals surface area contributed by atoms with Crippen LogP contribution in [0.25, 0.3) is 0 Å². The number of nitrogens with zero attached hydrogens (tertiary/aromatic N) is 1. The van der Waals surface area contributed by atoms with Crippen molar-refractivity contribution in [2.24, 2.45) is 5.92 Å². The van der Waals surface area contributed by atoms with E-state index in [2.05, 4.69) is 10.3 Å². The van der Waals surface area contributed by atoms with Crippen molar-refractivity contribution < 1.29 is 19.1 Å². The van der Waals surface area contributed by atoms with Crippen molar-refractivity contribution in [3.8, 4) is 0 Å². The van der Waals surface area contributed by atoms with Gasteiger partial charge in [0.1, 0.15) is 5.69 Å². The molecule has 0 radical (unpaired) electrons. The Hall–Kier alpha value is -3.09. The SMILES string of the molecule is COC(=O)c1c(C)[nH]c(C(=O)N2CCC[C@H](C(=O)NCc3cccc(C)c3)C2)c1C. The number of hydrogen-bond acceptors (Lipinski definition) is 4. The first-order chi connectivity index (χ1) is 14.3.